The molecule has 5 heteroatoms. The minimum Gasteiger partial charge on any atom is -0.481 e. The molecule has 1 N–H and O–H groups in total. The summed E-state index contributed by atoms with van der Waals surface area (Å²) in [5.41, 5.74) is 0. The van der Waals surface area contributed by atoms with E-state index in [4.69, 9.17) is 5.11 Å². The first-order valence-corrected chi connectivity index (χ1v) is 7.35. The summed E-state index contributed by atoms with van der Waals surface area (Å²) in [6.45, 7) is 5.37. The summed E-state index contributed by atoms with van der Waals surface area (Å²) in [4.78, 5) is 26.7. The largest absolute Gasteiger partial charge is 0.481 e. The smallest absolute Gasteiger partial charge is 0.304 e. The Bertz CT molecular complexity index is 286. The van der Waals surface area contributed by atoms with Crippen LogP contribution in [0.1, 0.15) is 45.4 Å². The normalized spacial score (nSPS) is 16.4. The molecule has 19 heavy (non-hydrogen) atoms. The zero-order valence-electron chi connectivity index (χ0n) is 11.9. The predicted molar refractivity (Wildman–Crippen MR) is 74.0 cm³/mol. The molecule has 1 rings (SSSR count). The van der Waals surface area contributed by atoms with Gasteiger partial charge in [-0.2, -0.15) is 0 Å². The summed E-state index contributed by atoms with van der Waals surface area (Å²) in [6, 6.07) is 0. The zero-order chi connectivity index (χ0) is 14.1. The van der Waals surface area contributed by atoms with Gasteiger partial charge in [-0.3, -0.25) is 14.5 Å². The van der Waals surface area contributed by atoms with Crippen LogP contribution in [0.25, 0.3) is 0 Å². The van der Waals surface area contributed by atoms with Gasteiger partial charge in [0.25, 0.3) is 0 Å². The van der Waals surface area contributed by atoms with Gasteiger partial charge < -0.3 is 10.0 Å². The molecule has 1 amide bonds. The van der Waals surface area contributed by atoms with Crippen molar-refractivity contribution >= 4 is 11.9 Å². The average Bonchev–Trinajstić information content (AvgIpc) is 2.65. The van der Waals surface area contributed by atoms with Gasteiger partial charge in [0.1, 0.15) is 0 Å². The van der Waals surface area contributed by atoms with Crippen molar-refractivity contribution in [1.82, 2.24) is 9.80 Å². The lowest BCUT2D eigenvalue weighted by atomic mass is 10.2. The van der Waals surface area contributed by atoms with Crippen LogP contribution < -0.4 is 0 Å². The molecule has 1 aliphatic rings. The molecule has 0 aromatic carbocycles. The van der Waals surface area contributed by atoms with E-state index in [9.17, 15) is 9.59 Å². The predicted octanol–water partition coefficient (Wildman–Crippen LogP) is 1.58. The second-order valence-corrected chi connectivity index (χ2v) is 5.21. The van der Waals surface area contributed by atoms with E-state index in [1.165, 1.54) is 12.8 Å². The molecule has 0 unspecified atom stereocenters. The molecule has 0 aliphatic carbocycles. The minimum absolute atomic E-state index is 0.104. The third-order valence-corrected chi connectivity index (χ3v) is 3.50. The van der Waals surface area contributed by atoms with E-state index in [1.54, 1.807) is 0 Å². The highest BCUT2D eigenvalue weighted by molar-refractivity contribution is 5.78. The van der Waals surface area contributed by atoms with Crippen LogP contribution in [0.15, 0.2) is 0 Å². The van der Waals surface area contributed by atoms with Crippen LogP contribution in [0.2, 0.25) is 0 Å². The Morgan fingerprint density at radius 2 is 1.74 bits per heavy atom. The number of carboxylic acids is 1. The summed E-state index contributed by atoms with van der Waals surface area (Å²) in [6.07, 6.45) is 5.65. The number of likely N-dealkylation sites (tertiary alicyclic amines) is 1. The third kappa shape index (κ3) is 6.57. The molecular weight excluding hydrogens is 244 g/mol. The van der Waals surface area contributed by atoms with Crippen LogP contribution in [0.3, 0.4) is 0 Å². The molecule has 0 spiro atoms. The van der Waals surface area contributed by atoms with Gasteiger partial charge in [0.15, 0.2) is 0 Å². The van der Waals surface area contributed by atoms with Crippen molar-refractivity contribution in [3.05, 3.63) is 0 Å². The standard InChI is InChI=1S/C14H26N2O3/c1-2-8-15(11-7-14(18)19)12-13(17)16-9-5-3-4-6-10-16/h2-12H2,1H3,(H,18,19). The summed E-state index contributed by atoms with van der Waals surface area (Å²) >= 11 is 0. The van der Waals surface area contributed by atoms with Gasteiger partial charge in [-0.1, -0.05) is 19.8 Å². The number of carbonyl (C=O) groups excluding carboxylic acids is 1. The number of hydrogen-bond acceptors (Lipinski definition) is 3. The fourth-order valence-electron chi connectivity index (χ4n) is 2.45. The number of aliphatic carboxylic acids is 1. The van der Waals surface area contributed by atoms with E-state index in [-0.39, 0.29) is 12.3 Å². The van der Waals surface area contributed by atoms with E-state index in [0.717, 1.165) is 38.9 Å². The Morgan fingerprint density at radius 1 is 1.11 bits per heavy atom. The monoisotopic (exact) mass is 270 g/mol. The molecule has 0 atom stereocenters. The molecule has 5 nitrogen and oxygen atoms in total. The SMILES string of the molecule is CCCN(CCC(=O)O)CC(=O)N1CCCCCC1. The highest BCUT2D eigenvalue weighted by atomic mass is 16.4. The molecule has 110 valence electrons. The van der Waals surface area contributed by atoms with Crippen LogP contribution in [0.4, 0.5) is 0 Å². The number of nitrogens with zero attached hydrogens (tertiary/aromatic N) is 2. The topological polar surface area (TPSA) is 60.9 Å². The molecule has 0 saturated carbocycles. The van der Waals surface area contributed by atoms with Gasteiger partial charge in [0.05, 0.1) is 13.0 Å². The first-order valence-electron chi connectivity index (χ1n) is 7.35. The Hall–Kier alpha value is -1.10. The molecule has 1 aliphatic heterocycles. The zero-order valence-corrected chi connectivity index (χ0v) is 11.9. The highest BCUT2D eigenvalue weighted by Gasteiger charge is 2.18. The molecule has 0 bridgehead atoms. The number of hydrogen-bond donors (Lipinski definition) is 1. The lowest BCUT2D eigenvalue weighted by Crippen LogP contribution is -2.41. The number of rotatable bonds is 7. The second kappa shape index (κ2) is 8.91. The fraction of sp³-hybridized carbons (Fsp3) is 0.857. The van der Waals surface area contributed by atoms with Crippen molar-refractivity contribution in [3.63, 3.8) is 0 Å². The lowest BCUT2D eigenvalue weighted by molar-refractivity contribution is -0.138. The van der Waals surface area contributed by atoms with Gasteiger partial charge >= 0.3 is 5.97 Å². The van der Waals surface area contributed by atoms with Crippen molar-refractivity contribution < 1.29 is 14.7 Å². The van der Waals surface area contributed by atoms with Gasteiger partial charge in [0.2, 0.25) is 5.91 Å². The fourth-order valence-corrected chi connectivity index (χ4v) is 2.45. The summed E-state index contributed by atoms with van der Waals surface area (Å²) in [7, 11) is 0. The molecule has 1 heterocycles. The summed E-state index contributed by atoms with van der Waals surface area (Å²) < 4.78 is 0. The second-order valence-electron chi connectivity index (χ2n) is 5.21. The van der Waals surface area contributed by atoms with Crippen LogP contribution >= 0.6 is 0 Å². The summed E-state index contributed by atoms with van der Waals surface area (Å²) in [5, 5.41) is 8.73. The first-order chi connectivity index (χ1) is 9.13. The van der Waals surface area contributed by atoms with E-state index < -0.39 is 5.97 Å². The first kappa shape index (κ1) is 16.0. The van der Waals surface area contributed by atoms with Gasteiger partial charge in [-0.05, 0) is 25.8 Å². The van der Waals surface area contributed by atoms with E-state index in [0.29, 0.717) is 13.1 Å². The van der Waals surface area contributed by atoms with E-state index in [1.807, 2.05) is 16.7 Å². The Morgan fingerprint density at radius 3 is 2.26 bits per heavy atom. The Balaban J connectivity index is 2.42. The van der Waals surface area contributed by atoms with Crippen molar-refractivity contribution in [1.29, 1.82) is 0 Å². The molecule has 1 fully saturated rings. The molecule has 0 aromatic rings. The maximum Gasteiger partial charge on any atom is 0.304 e. The maximum atomic E-state index is 12.2. The van der Waals surface area contributed by atoms with Gasteiger partial charge in [-0.25, -0.2) is 0 Å². The molecule has 0 aromatic heterocycles. The lowest BCUT2D eigenvalue weighted by Gasteiger charge is -2.26. The van der Waals surface area contributed by atoms with Gasteiger partial charge in [-0.15, -0.1) is 0 Å². The van der Waals surface area contributed by atoms with Gasteiger partial charge in [0, 0.05) is 19.6 Å². The Labute approximate surface area is 115 Å². The van der Waals surface area contributed by atoms with Crippen molar-refractivity contribution in [2.45, 2.75) is 45.4 Å². The van der Waals surface area contributed by atoms with E-state index >= 15 is 0 Å². The maximum absolute atomic E-state index is 12.2. The van der Waals surface area contributed by atoms with Crippen LogP contribution in [-0.4, -0.2) is 59.5 Å². The van der Waals surface area contributed by atoms with Crippen LogP contribution in [-0.2, 0) is 9.59 Å². The molecular formula is C14H26N2O3. The minimum atomic E-state index is -0.802. The van der Waals surface area contributed by atoms with E-state index in [2.05, 4.69) is 0 Å². The average molecular weight is 270 g/mol. The summed E-state index contributed by atoms with van der Waals surface area (Å²) in [5.74, 6) is -0.649. The van der Waals surface area contributed by atoms with Crippen molar-refractivity contribution in [2.75, 3.05) is 32.7 Å². The Kier molecular flexibility index (Phi) is 7.48. The van der Waals surface area contributed by atoms with Crippen LogP contribution in [0.5, 0.6) is 0 Å². The number of carboxylic acid groups (broad SMARTS) is 1. The quantitative estimate of drug-likeness (QED) is 0.763. The molecule has 0 radical (unpaired) electrons. The highest BCUT2D eigenvalue weighted by Crippen LogP contribution is 2.10. The number of amides is 1. The van der Waals surface area contributed by atoms with Crippen molar-refractivity contribution in [3.8, 4) is 0 Å². The number of carbonyl (C=O) groups is 2. The van der Waals surface area contributed by atoms with Crippen molar-refractivity contribution in [2.24, 2.45) is 0 Å². The molecule has 1 saturated heterocycles. The van der Waals surface area contributed by atoms with Crippen LogP contribution in [0, 0.1) is 0 Å². The third-order valence-electron chi connectivity index (χ3n) is 3.50.